The van der Waals surface area contributed by atoms with Crippen LogP contribution in [-0.4, -0.2) is 25.2 Å². The third-order valence-corrected chi connectivity index (χ3v) is 4.79. The molecule has 0 saturated heterocycles. The number of methoxy groups -OCH3 is 2. The Bertz CT molecular complexity index is 498. The van der Waals surface area contributed by atoms with Crippen molar-refractivity contribution in [3.63, 3.8) is 0 Å². The standard InChI is InChI=1S/C15H19BrF2O3/c1-20-11-4-3-10(14(21-2)12(11)16)13(19)9-5-7-15(17,18)8-6-9/h3-4,9,13,19H,5-8H2,1-2H3. The highest BCUT2D eigenvalue weighted by molar-refractivity contribution is 9.10. The molecule has 21 heavy (non-hydrogen) atoms. The Hall–Kier alpha value is -0.880. The van der Waals surface area contributed by atoms with Crippen molar-refractivity contribution in [1.82, 2.24) is 0 Å². The van der Waals surface area contributed by atoms with Gasteiger partial charge in [-0.25, -0.2) is 8.78 Å². The number of hydrogen-bond donors (Lipinski definition) is 1. The van der Waals surface area contributed by atoms with Gasteiger partial charge in [0.1, 0.15) is 16.0 Å². The minimum Gasteiger partial charge on any atom is -0.495 e. The normalized spacial score (nSPS) is 20.1. The summed E-state index contributed by atoms with van der Waals surface area (Å²) >= 11 is 3.38. The summed E-state index contributed by atoms with van der Waals surface area (Å²) in [4.78, 5) is 0. The van der Waals surface area contributed by atoms with Crippen LogP contribution >= 0.6 is 15.9 Å². The Kier molecular flexibility index (Phi) is 5.09. The van der Waals surface area contributed by atoms with Crippen molar-refractivity contribution in [2.45, 2.75) is 37.7 Å². The lowest BCUT2D eigenvalue weighted by molar-refractivity contribution is -0.0629. The first kappa shape index (κ1) is 16.5. The largest absolute Gasteiger partial charge is 0.495 e. The molecule has 1 saturated carbocycles. The van der Waals surface area contributed by atoms with Crippen molar-refractivity contribution in [1.29, 1.82) is 0 Å². The molecule has 0 aromatic heterocycles. The minimum atomic E-state index is -2.60. The number of rotatable bonds is 4. The fourth-order valence-corrected chi connectivity index (χ4v) is 3.47. The van der Waals surface area contributed by atoms with E-state index in [0.29, 0.717) is 34.4 Å². The van der Waals surface area contributed by atoms with E-state index in [1.807, 2.05) is 0 Å². The van der Waals surface area contributed by atoms with Crippen LogP contribution in [0.3, 0.4) is 0 Å². The van der Waals surface area contributed by atoms with Gasteiger partial charge in [0, 0.05) is 18.4 Å². The SMILES string of the molecule is COc1ccc(C(O)C2CCC(F)(F)CC2)c(OC)c1Br. The molecule has 1 aliphatic carbocycles. The third kappa shape index (κ3) is 3.48. The Morgan fingerprint density at radius 3 is 2.38 bits per heavy atom. The highest BCUT2D eigenvalue weighted by atomic mass is 79.9. The number of hydrogen-bond acceptors (Lipinski definition) is 3. The molecule has 0 radical (unpaired) electrons. The molecule has 0 aliphatic heterocycles. The topological polar surface area (TPSA) is 38.7 Å². The number of aliphatic hydroxyl groups excluding tert-OH is 1. The molecule has 0 spiro atoms. The van der Waals surface area contributed by atoms with Crippen LogP contribution < -0.4 is 9.47 Å². The van der Waals surface area contributed by atoms with E-state index in [1.165, 1.54) is 7.11 Å². The maximum atomic E-state index is 13.2. The molecule has 1 N–H and O–H groups in total. The van der Waals surface area contributed by atoms with E-state index in [0.717, 1.165) is 0 Å². The van der Waals surface area contributed by atoms with Gasteiger partial charge >= 0.3 is 0 Å². The second-order valence-corrected chi connectivity index (χ2v) is 6.14. The van der Waals surface area contributed by atoms with E-state index < -0.39 is 12.0 Å². The lowest BCUT2D eigenvalue weighted by Crippen LogP contribution is -2.27. The Morgan fingerprint density at radius 2 is 1.86 bits per heavy atom. The van der Waals surface area contributed by atoms with E-state index >= 15 is 0 Å². The van der Waals surface area contributed by atoms with Gasteiger partial charge in [-0.05, 0) is 46.8 Å². The molecule has 1 aromatic carbocycles. The van der Waals surface area contributed by atoms with Gasteiger partial charge in [-0.2, -0.15) is 0 Å². The number of ether oxygens (including phenoxy) is 2. The third-order valence-electron chi connectivity index (χ3n) is 4.04. The van der Waals surface area contributed by atoms with Gasteiger partial charge in [0.05, 0.1) is 20.3 Å². The van der Waals surface area contributed by atoms with E-state index in [2.05, 4.69) is 15.9 Å². The van der Waals surface area contributed by atoms with E-state index in [9.17, 15) is 13.9 Å². The first-order chi connectivity index (χ1) is 9.89. The van der Waals surface area contributed by atoms with Crippen LogP contribution in [0.15, 0.2) is 16.6 Å². The quantitative estimate of drug-likeness (QED) is 0.864. The van der Waals surface area contributed by atoms with Crippen LogP contribution in [0.1, 0.15) is 37.4 Å². The van der Waals surface area contributed by atoms with Crippen LogP contribution in [0, 0.1) is 5.92 Å². The van der Waals surface area contributed by atoms with Gasteiger partial charge in [-0.1, -0.05) is 0 Å². The van der Waals surface area contributed by atoms with Crippen molar-refractivity contribution in [2.75, 3.05) is 14.2 Å². The second kappa shape index (κ2) is 6.48. The molecular formula is C15H19BrF2O3. The Balaban J connectivity index is 2.23. The maximum absolute atomic E-state index is 13.2. The molecule has 3 nitrogen and oxygen atoms in total. The van der Waals surface area contributed by atoms with Crippen molar-refractivity contribution >= 4 is 15.9 Å². The average molecular weight is 365 g/mol. The molecule has 1 atom stereocenters. The van der Waals surface area contributed by atoms with Gasteiger partial charge < -0.3 is 14.6 Å². The highest BCUT2D eigenvalue weighted by Crippen LogP contribution is 2.46. The fourth-order valence-electron chi connectivity index (χ4n) is 2.78. The van der Waals surface area contributed by atoms with Crippen molar-refractivity contribution in [3.05, 3.63) is 22.2 Å². The summed E-state index contributed by atoms with van der Waals surface area (Å²) in [6.07, 6.45) is -0.553. The van der Waals surface area contributed by atoms with E-state index in [1.54, 1.807) is 19.2 Å². The molecule has 0 amide bonds. The van der Waals surface area contributed by atoms with Gasteiger partial charge in [-0.15, -0.1) is 0 Å². The molecule has 0 heterocycles. The van der Waals surface area contributed by atoms with Gasteiger partial charge in [0.15, 0.2) is 0 Å². The number of halogens is 3. The average Bonchev–Trinajstić information content (AvgIpc) is 2.46. The Labute approximate surface area is 131 Å². The molecule has 1 unspecified atom stereocenters. The number of aliphatic hydroxyl groups is 1. The molecule has 1 aliphatic rings. The zero-order valence-electron chi connectivity index (χ0n) is 12.0. The molecular weight excluding hydrogens is 346 g/mol. The summed E-state index contributed by atoms with van der Waals surface area (Å²) in [5.74, 6) is -1.70. The van der Waals surface area contributed by atoms with Crippen LogP contribution in [0.2, 0.25) is 0 Å². The lowest BCUT2D eigenvalue weighted by atomic mass is 9.81. The minimum absolute atomic E-state index is 0.172. The van der Waals surface area contributed by atoms with E-state index in [4.69, 9.17) is 9.47 Å². The maximum Gasteiger partial charge on any atom is 0.248 e. The monoisotopic (exact) mass is 364 g/mol. The van der Waals surface area contributed by atoms with Crippen molar-refractivity contribution < 1.29 is 23.4 Å². The number of alkyl halides is 2. The molecule has 2 rings (SSSR count). The van der Waals surface area contributed by atoms with Crippen LogP contribution in [0.4, 0.5) is 8.78 Å². The fraction of sp³-hybridized carbons (Fsp3) is 0.600. The summed E-state index contributed by atoms with van der Waals surface area (Å²) in [5.41, 5.74) is 0.598. The Morgan fingerprint density at radius 1 is 1.24 bits per heavy atom. The van der Waals surface area contributed by atoms with Crippen LogP contribution in [-0.2, 0) is 0 Å². The predicted molar refractivity (Wildman–Crippen MR) is 79.1 cm³/mol. The lowest BCUT2D eigenvalue weighted by Gasteiger charge is -2.32. The van der Waals surface area contributed by atoms with E-state index in [-0.39, 0.29) is 18.8 Å². The van der Waals surface area contributed by atoms with Crippen LogP contribution in [0.5, 0.6) is 11.5 Å². The van der Waals surface area contributed by atoms with Crippen molar-refractivity contribution in [2.24, 2.45) is 5.92 Å². The predicted octanol–water partition coefficient (Wildman–Crippen LogP) is 4.33. The first-order valence-corrected chi connectivity index (χ1v) is 7.65. The summed E-state index contributed by atoms with van der Waals surface area (Å²) in [7, 11) is 3.05. The molecule has 1 fully saturated rings. The molecule has 6 heteroatoms. The molecule has 1 aromatic rings. The first-order valence-electron chi connectivity index (χ1n) is 6.86. The van der Waals surface area contributed by atoms with Gasteiger partial charge in [0.2, 0.25) is 5.92 Å². The molecule has 0 bridgehead atoms. The van der Waals surface area contributed by atoms with Crippen LogP contribution in [0.25, 0.3) is 0 Å². The summed E-state index contributed by atoms with van der Waals surface area (Å²) in [6.45, 7) is 0. The zero-order valence-corrected chi connectivity index (χ0v) is 13.6. The summed E-state index contributed by atoms with van der Waals surface area (Å²) in [5, 5.41) is 10.5. The van der Waals surface area contributed by atoms with Gasteiger partial charge in [0.25, 0.3) is 0 Å². The van der Waals surface area contributed by atoms with Gasteiger partial charge in [-0.3, -0.25) is 0 Å². The second-order valence-electron chi connectivity index (χ2n) is 5.34. The van der Waals surface area contributed by atoms with Crippen molar-refractivity contribution in [3.8, 4) is 11.5 Å². The summed E-state index contributed by atoms with van der Waals surface area (Å²) < 4.78 is 37.6. The highest BCUT2D eigenvalue weighted by Gasteiger charge is 2.38. The number of benzene rings is 1. The molecule has 118 valence electrons. The smallest absolute Gasteiger partial charge is 0.248 e. The summed E-state index contributed by atoms with van der Waals surface area (Å²) in [6, 6.07) is 3.45. The zero-order chi connectivity index (χ0) is 15.6.